The van der Waals surface area contributed by atoms with E-state index in [4.69, 9.17) is 28.5 Å². The van der Waals surface area contributed by atoms with Crippen LogP contribution in [-0.2, 0) is 0 Å². The van der Waals surface area contributed by atoms with Crippen molar-refractivity contribution >= 4 is 23.2 Å². The van der Waals surface area contributed by atoms with Crippen molar-refractivity contribution in [3.8, 4) is 6.07 Å². The molecule has 1 atom stereocenters. The molecule has 0 aromatic carbocycles. The molecule has 1 unspecified atom stereocenters. The third-order valence-corrected chi connectivity index (χ3v) is 2.42. The maximum absolute atomic E-state index is 8.99. The molecule has 1 rings (SSSR count). The average Bonchev–Trinajstić information content (AvgIpc) is 2.16. The molecule has 80 valence electrons. The summed E-state index contributed by atoms with van der Waals surface area (Å²) in [5.74, 6) is 0. The highest BCUT2D eigenvalue weighted by atomic mass is 35.5. The van der Waals surface area contributed by atoms with Gasteiger partial charge in [0.25, 0.3) is 0 Å². The zero-order valence-corrected chi connectivity index (χ0v) is 9.97. The van der Waals surface area contributed by atoms with Crippen LogP contribution in [0.3, 0.4) is 0 Å². The van der Waals surface area contributed by atoms with Gasteiger partial charge in [-0.25, -0.2) is 0 Å². The van der Waals surface area contributed by atoms with Crippen LogP contribution in [0.4, 0.5) is 0 Å². The number of alkyl halides is 1. The SMILES string of the molecule is CN(C)/C=C/C1=CC=C(Cl)NC1(Cl)C#N. The second kappa shape index (κ2) is 4.61. The highest BCUT2D eigenvalue weighted by Crippen LogP contribution is 2.28. The van der Waals surface area contributed by atoms with Crippen molar-refractivity contribution in [2.24, 2.45) is 0 Å². The first-order valence-electron chi connectivity index (χ1n) is 4.29. The van der Waals surface area contributed by atoms with Crippen molar-refractivity contribution in [1.29, 1.82) is 5.26 Å². The average molecular weight is 244 g/mol. The van der Waals surface area contributed by atoms with Gasteiger partial charge in [-0.3, -0.25) is 0 Å². The third kappa shape index (κ3) is 2.92. The van der Waals surface area contributed by atoms with Gasteiger partial charge in [0.1, 0.15) is 11.2 Å². The van der Waals surface area contributed by atoms with Crippen molar-refractivity contribution in [3.05, 3.63) is 35.2 Å². The number of allylic oxidation sites excluding steroid dienone is 2. The minimum atomic E-state index is -1.28. The molecule has 0 saturated heterocycles. The minimum absolute atomic E-state index is 0.355. The van der Waals surface area contributed by atoms with Gasteiger partial charge in [0.05, 0.1) is 0 Å². The lowest BCUT2D eigenvalue weighted by Crippen LogP contribution is -2.39. The number of nitrogens with one attached hydrogen (secondary N) is 1. The van der Waals surface area contributed by atoms with Gasteiger partial charge in [-0.1, -0.05) is 29.3 Å². The van der Waals surface area contributed by atoms with E-state index in [1.165, 1.54) is 0 Å². The molecule has 0 aromatic heterocycles. The smallest absolute Gasteiger partial charge is 0.226 e. The molecule has 0 spiro atoms. The lowest BCUT2D eigenvalue weighted by molar-refractivity contribution is 0.562. The minimum Gasteiger partial charge on any atom is -0.383 e. The molecule has 0 aromatic rings. The van der Waals surface area contributed by atoms with Crippen molar-refractivity contribution in [1.82, 2.24) is 10.2 Å². The van der Waals surface area contributed by atoms with E-state index >= 15 is 0 Å². The molecular weight excluding hydrogens is 233 g/mol. The summed E-state index contributed by atoms with van der Waals surface area (Å²) in [6.45, 7) is 0. The summed E-state index contributed by atoms with van der Waals surface area (Å²) >= 11 is 11.8. The first-order valence-corrected chi connectivity index (χ1v) is 5.04. The number of halogens is 2. The molecule has 3 nitrogen and oxygen atoms in total. The molecule has 1 heterocycles. The summed E-state index contributed by atoms with van der Waals surface area (Å²) < 4.78 is 0. The van der Waals surface area contributed by atoms with Crippen LogP contribution in [-0.4, -0.2) is 24.0 Å². The van der Waals surface area contributed by atoms with E-state index in [0.717, 1.165) is 0 Å². The number of rotatable bonds is 2. The molecule has 15 heavy (non-hydrogen) atoms. The fourth-order valence-corrected chi connectivity index (χ4v) is 1.53. The van der Waals surface area contributed by atoms with Gasteiger partial charge in [-0.05, 0) is 18.4 Å². The van der Waals surface area contributed by atoms with Crippen LogP contribution >= 0.6 is 23.2 Å². The van der Waals surface area contributed by atoms with Crippen molar-refractivity contribution in [2.75, 3.05) is 14.1 Å². The van der Waals surface area contributed by atoms with E-state index in [1.807, 2.05) is 31.3 Å². The van der Waals surface area contributed by atoms with Crippen LogP contribution in [0, 0.1) is 11.3 Å². The van der Waals surface area contributed by atoms with Crippen molar-refractivity contribution in [2.45, 2.75) is 5.00 Å². The van der Waals surface area contributed by atoms with Crippen LogP contribution in [0.5, 0.6) is 0 Å². The van der Waals surface area contributed by atoms with Crippen LogP contribution in [0.15, 0.2) is 35.2 Å². The number of hydrogen-bond donors (Lipinski definition) is 1. The maximum atomic E-state index is 8.99. The van der Waals surface area contributed by atoms with Crippen LogP contribution in [0.1, 0.15) is 0 Å². The molecular formula is C10H11Cl2N3. The highest BCUT2D eigenvalue weighted by molar-refractivity contribution is 6.32. The zero-order valence-electron chi connectivity index (χ0n) is 8.46. The molecule has 0 aliphatic carbocycles. The van der Waals surface area contributed by atoms with Gasteiger partial charge in [0, 0.05) is 19.7 Å². The Morgan fingerprint density at radius 3 is 2.73 bits per heavy atom. The molecule has 1 aliphatic rings. The topological polar surface area (TPSA) is 39.1 Å². The van der Waals surface area contributed by atoms with Gasteiger partial charge in [-0.15, -0.1) is 0 Å². The molecule has 0 bridgehead atoms. The Morgan fingerprint density at radius 2 is 2.20 bits per heavy atom. The van der Waals surface area contributed by atoms with E-state index in [1.54, 1.807) is 18.2 Å². The Bertz CT molecular complexity index is 377. The molecule has 0 radical (unpaired) electrons. The fraction of sp³-hybridized carbons (Fsp3) is 0.300. The summed E-state index contributed by atoms with van der Waals surface area (Å²) in [6, 6.07) is 1.98. The van der Waals surface area contributed by atoms with Crippen LogP contribution in [0.2, 0.25) is 0 Å². The fourth-order valence-electron chi connectivity index (χ4n) is 1.05. The monoisotopic (exact) mass is 243 g/mol. The molecule has 5 heteroatoms. The van der Waals surface area contributed by atoms with Gasteiger partial charge in [0.15, 0.2) is 0 Å². The molecule has 1 N–H and O–H groups in total. The Kier molecular flexibility index (Phi) is 3.67. The standard InChI is InChI=1S/C10H11Cl2N3/c1-15(2)6-5-8-3-4-9(11)14-10(8,12)7-13/h3-6,14H,1-2H3/b6-5+. The van der Waals surface area contributed by atoms with Gasteiger partial charge in [-0.2, -0.15) is 5.26 Å². The summed E-state index contributed by atoms with van der Waals surface area (Å²) in [4.78, 5) is 0.577. The Morgan fingerprint density at radius 1 is 1.53 bits per heavy atom. The van der Waals surface area contributed by atoms with E-state index < -0.39 is 5.00 Å². The predicted octanol–water partition coefficient (Wildman–Crippen LogP) is 2.13. The number of dihydropyridines is 1. The zero-order chi connectivity index (χ0) is 11.5. The maximum Gasteiger partial charge on any atom is 0.226 e. The van der Waals surface area contributed by atoms with Crippen LogP contribution < -0.4 is 5.32 Å². The molecule has 1 aliphatic heterocycles. The van der Waals surface area contributed by atoms with Gasteiger partial charge < -0.3 is 10.2 Å². The number of nitriles is 1. The predicted molar refractivity (Wildman–Crippen MR) is 62.2 cm³/mol. The van der Waals surface area contributed by atoms with E-state index in [-0.39, 0.29) is 0 Å². The lowest BCUT2D eigenvalue weighted by atomic mass is 10.1. The largest absolute Gasteiger partial charge is 0.383 e. The van der Waals surface area contributed by atoms with E-state index in [9.17, 15) is 0 Å². The molecule has 0 fully saturated rings. The first kappa shape index (κ1) is 12.0. The van der Waals surface area contributed by atoms with Crippen molar-refractivity contribution in [3.63, 3.8) is 0 Å². The van der Waals surface area contributed by atoms with Crippen molar-refractivity contribution < 1.29 is 0 Å². The summed E-state index contributed by atoms with van der Waals surface area (Å²) in [5, 5.41) is 12.0. The quantitative estimate of drug-likeness (QED) is 0.597. The Labute approximate surface area is 99.3 Å². The van der Waals surface area contributed by atoms with E-state index in [0.29, 0.717) is 10.7 Å². The Hall–Kier alpha value is -1.11. The lowest BCUT2D eigenvalue weighted by Gasteiger charge is -2.25. The Balaban J connectivity index is 2.99. The molecule has 0 amide bonds. The van der Waals surface area contributed by atoms with Crippen LogP contribution in [0.25, 0.3) is 0 Å². The second-order valence-electron chi connectivity index (χ2n) is 3.31. The number of nitrogens with zero attached hydrogens (tertiary/aromatic N) is 2. The van der Waals surface area contributed by atoms with Gasteiger partial charge in [0.2, 0.25) is 5.00 Å². The summed E-state index contributed by atoms with van der Waals surface area (Å²) in [5.41, 5.74) is 0.657. The highest BCUT2D eigenvalue weighted by Gasteiger charge is 2.32. The second-order valence-corrected chi connectivity index (χ2v) is 4.29. The third-order valence-electron chi connectivity index (χ3n) is 1.80. The number of hydrogen-bond acceptors (Lipinski definition) is 3. The normalized spacial score (nSPS) is 25.3. The summed E-state index contributed by atoms with van der Waals surface area (Å²) in [6.07, 6.45) is 6.96. The first-order chi connectivity index (χ1) is 6.98. The molecule has 0 saturated carbocycles. The van der Waals surface area contributed by atoms with Gasteiger partial charge >= 0.3 is 0 Å². The van der Waals surface area contributed by atoms with E-state index in [2.05, 4.69) is 5.32 Å². The summed E-state index contributed by atoms with van der Waals surface area (Å²) in [7, 11) is 3.77.